The number of ether oxygens (including phenoxy) is 1. The first-order valence-electron chi connectivity index (χ1n) is 8.54. The van der Waals surface area contributed by atoms with Crippen LogP contribution < -0.4 is 0 Å². The van der Waals surface area contributed by atoms with Crippen LogP contribution in [0.25, 0.3) is 22.6 Å². The van der Waals surface area contributed by atoms with Gasteiger partial charge in [-0.05, 0) is 18.2 Å². The number of rotatable bonds is 4. The number of aliphatic hydroxyl groups excluding tert-OH is 4. The Morgan fingerprint density at radius 1 is 1.17 bits per heavy atom. The summed E-state index contributed by atoms with van der Waals surface area (Å²) in [5.74, 6) is -1.25. The lowest BCUT2D eigenvalue weighted by Crippen LogP contribution is -2.56. The Kier molecular flexibility index (Phi) is 4.80. The molecule has 0 aliphatic carbocycles. The molecule has 3 heterocycles. The molecule has 5 atom stereocenters. The van der Waals surface area contributed by atoms with Gasteiger partial charge < -0.3 is 29.6 Å². The van der Waals surface area contributed by atoms with Gasteiger partial charge in [0.05, 0.1) is 23.7 Å². The monoisotopic (exact) mass is 409 g/mol. The van der Waals surface area contributed by atoms with Crippen LogP contribution in [0, 0.1) is 15.9 Å². The highest BCUT2D eigenvalue weighted by atomic mass is 19.1. The number of halogens is 1. The first-order chi connectivity index (χ1) is 13.8. The van der Waals surface area contributed by atoms with E-state index in [1.165, 1.54) is 16.7 Å². The van der Waals surface area contributed by atoms with Crippen molar-refractivity contribution in [2.75, 3.05) is 6.61 Å². The molecule has 0 unspecified atom stereocenters. The van der Waals surface area contributed by atoms with Gasteiger partial charge in [0, 0.05) is 6.07 Å². The standard InChI is InChI=1S/C17H16FN3O8/c18-7-1-2-9-8(5-7)19-16(10-3-4-12(28-10)21(26)27)20(9)17-15(25)14(24)13(23)11(6-22)29-17/h1-5,11,13-15,17,22-25H,6H2/t11-,13-,14+,15-,17+/m0/s1. The topological polar surface area (TPSA) is 164 Å². The van der Waals surface area contributed by atoms with Gasteiger partial charge >= 0.3 is 5.88 Å². The Morgan fingerprint density at radius 3 is 2.59 bits per heavy atom. The van der Waals surface area contributed by atoms with Gasteiger partial charge in [0.25, 0.3) is 0 Å². The summed E-state index contributed by atoms with van der Waals surface area (Å²) in [6.07, 6.45) is -7.46. The molecule has 29 heavy (non-hydrogen) atoms. The summed E-state index contributed by atoms with van der Waals surface area (Å²) < 4.78 is 25.7. The molecule has 1 aromatic carbocycles. The number of nitro groups is 1. The van der Waals surface area contributed by atoms with E-state index in [0.29, 0.717) is 0 Å². The van der Waals surface area contributed by atoms with E-state index < -0.39 is 53.9 Å². The zero-order valence-corrected chi connectivity index (χ0v) is 14.6. The molecule has 1 saturated heterocycles. The minimum atomic E-state index is -1.66. The fourth-order valence-electron chi connectivity index (χ4n) is 3.34. The lowest BCUT2D eigenvalue weighted by Gasteiger charge is -2.40. The molecule has 1 aliphatic rings. The van der Waals surface area contributed by atoms with Crippen molar-refractivity contribution in [2.24, 2.45) is 0 Å². The van der Waals surface area contributed by atoms with Gasteiger partial charge in [-0.15, -0.1) is 0 Å². The van der Waals surface area contributed by atoms with Crippen molar-refractivity contribution in [1.82, 2.24) is 9.55 Å². The molecule has 3 aromatic rings. The molecule has 0 spiro atoms. The summed E-state index contributed by atoms with van der Waals surface area (Å²) >= 11 is 0. The van der Waals surface area contributed by atoms with Gasteiger partial charge in [0.1, 0.15) is 35.2 Å². The normalized spacial score (nSPS) is 27.4. The van der Waals surface area contributed by atoms with Crippen LogP contribution in [0.2, 0.25) is 0 Å². The number of fused-ring (bicyclic) bond motifs is 1. The third-order valence-electron chi connectivity index (χ3n) is 4.77. The number of hydrogen-bond donors (Lipinski definition) is 4. The highest BCUT2D eigenvalue weighted by Crippen LogP contribution is 2.37. The van der Waals surface area contributed by atoms with Crippen LogP contribution in [0.4, 0.5) is 10.3 Å². The number of imidazole rings is 1. The number of aliphatic hydroxyl groups is 4. The van der Waals surface area contributed by atoms with Crippen LogP contribution >= 0.6 is 0 Å². The van der Waals surface area contributed by atoms with Crippen molar-refractivity contribution in [3.8, 4) is 11.6 Å². The Bertz CT molecular complexity index is 1060. The van der Waals surface area contributed by atoms with Gasteiger partial charge in [0.15, 0.2) is 17.8 Å². The number of benzene rings is 1. The molecular weight excluding hydrogens is 393 g/mol. The Labute approximate surface area is 161 Å². The lowest BCUT2D eigenvalue weighted by molar-refractivity contribution is -0.401. The molecule has 4 N–H and O–H groups in total. The fraction of sp³-hybridized carbons (Fsp3) is 0.353. The first kappa shape index (κ1) is 19.4. The molecule has 11 nitrogen and oxygen atoms in total. The summed E-state index contributed by atoms with van der Waals surface area (Å²) in [4.78, 5) is 14.4. The van der Waals surface area contributed by atoms with Crippen molar-refractivity contribution in [3.05, 3.63) is 46.3 Å². The Balaban J connectivity index is 1.90. The molecule has 0 saturated carbocycles. The van der Waals surface area contributed by atoms with Crippen molar-refractivity contribution < 1.29 is 38.9 Å². The third-order valence-corrected chi connectivity index (χ3v) is 4.77. The molecule has 2 aromatic heterocycles. The van der Waals surface area contributed by atoms with Crippen LogP contribution in [0.1, 0.15) is 6.23 Å². The predicted molar refractivity (Wildman–Crippen MR) is 93.1 cm³/mol. The van der Waals surface area contributed by atoms with E-state index in [0.717, 1.165) is 18.2 Å². The van der Waals surface area contributed by atoms with Gasteiger partial charge in [0.2, 0.25) is 0 Å². The SMILES string of the molecule is O=[N+]([O-])c1ccc(-c2nc3cc(F)ccc3n2[C@@H]2O[C@@H](CO)[C@H](O)[C@@H](O)[C@@H]2O)o1. The smallest absolute Gasteiger partial charge is 0.397 e. The third kappa shape index (κ3) is 3.16. The molecule has 154 valence electrons. The summed E-state index contributed by atoms with van der Waals surface area (Å²) in [5, 5.41) is 51.0. The summed E-state index contributed by atoms with van der Waals surface area (Å²) in [7, 11) is 0. The molecule has 0 radical (unpaired) electrons. The van der Waals surface area contributed by atoms with Gasteiger partial charge in [-0.1, -0.05) is 0 Å². The molecule has 0 bridgehead atoms. The van der Waals surface area contributed by atoms with E-state index in [4.69, 9.17) is 9.15 Å². The second-order valence-electron chi connectivity index (χ2n) is 6.55. The lowest BCUT2D eigenvalue weighted by atomic mass is 9.98. The van der Waals surface area contributed by atoms with Gasteiger partial charge in [-0.3, -0.25) is 14.7 Å². The van der Waals surface area contributed by atoms with Crippen molar-refractivity contribution in [1.29, 1.82) is 0 Å². The van der Waals surface area contributed by atoms with Crippen molar-refractivity contribution in [3.63, 3.8) is 0 Å². The number of aromatic nitrogens is 2. The average Bonchev–Trinajstić information content (AvgIpc) is 3.31. The van der Waals surface area contributed by atoms with E-state index in [-0.39, 0.29) is 22.6 Å². The molecule has 4 rings (SSSR count). The van der Waals surface area contributed by atoms with E-state index in [2.05, 4.69) is 4.98 Å². The van der Waals surface area contributed by atoms with Gasteiger partial charge in [-0.2, -0.15) is 0 Å². The fourth-order valence-corrected chi connectivity index (χ4v) is 3.34. The highest BCUT2D eigenvalue weighted by molar-refractivity contribution is 5.80. The van der Waals surface area contributed by atoms with Crippen LogP contribution in [0.3, 0.4) is 0 Å². The van der Waals surface area contributed by atoms with Crippen molar-refractivity contribution in [2.45, 2.75) is 30.6 Å². The Hall–Kier alpha value is -2.90. The van der Waals surface area contributed by atoms with E-state index in [1.807, 2.05) is 0 Å². The second-order valence-corrected chi connectivity index (χ2v) is 6.55. The minimum absolute atomic E-state index is 0.0389. The maximum absolute atomic E-state index is 13.7. The average molecular weight is 409 g/mol. The van der Waals surface area contributed by atoms with Crippen LogP contribution in [-0.4, -0.2) is 65.9 Å². The highest BCUT2D eigenvalue weighted by Gasteiger charge is 2.45. The van der Waals surface area contributed by atoms with Crippen LogP contribution in [-0.2, 0) is 4.74 Å². The predicted octanol–water partition coefficient (Wildman–Crippen LogP) is 0.316. The molecular formula is C17H16FN3O8. The zero-order valence-electron chi connectivity index (χ0n) is 14.6. The molecule has 0 amide bonds. The van der Waals surface area contributed by atoms with E-state index in [1.54, 1.807) is 0 Å². The largest absolute Gasteiger partial charge is 0.433 e. The molecule has 12 heteroatoms. The van der Waals surface area contributed by atoms with Crippen LogP contribution in [0.5, 0.6) is 0 Å². The Morgan fingerprint density at radius 2 is 1.93 bits per heavy atom. The first-order valence-corrected chi connectivity index (χ1v) is 8.54. The number of hydrogen-bond acceptors (Lipinski definition) is 9. The number of nitrogens with zero attached hydrogens (tertiary/aromatic N) is 3. The van der Waals surface area contributed by atoms with E-state index in [9.17, 15) is 34.9 Å². The molecule has 1 fully saturated rings. The maximum atomic E-state index is 13.7. The quantitative estimate of drug-likeness (QED) is 0.351. The second kappa shape index (κ2) is 7.17. The summed E-state index contributed by atoms with van der Waals surface area (Å²) in [6.45, 7) is -0.649. The van der Waals surface area contributed by atoms with Gasteiger partial charge in [-0.25, -0.2) is 9.37 Å². The summed E-state index contributed by atoms with van der Waals surface area (Å²) in [6, 6.07) is 5.97. The van der Waals surface area contributed by atoms with Crippen LogP contribution in [0.15, 0.2) is 34.7 Å². The number of furan rings is 1. The maximum Gasteiger partial charge on any atom is 0.433 e. The van der Waals surface area contributed by atoms with Crippen molar-refractivity contribution >= 4 is 16.9 Å². The molecule has 1 aliphatic heterocycles. The summed E-state index contributed by atoms with van der Waals surface area (Å²) in [5.41, 5.74) is 0.404. The minimum Gasteiger partial charge on any atom is -0.397 e. The zero-order chi connectivity index (χ0) is 20.9. The van der Waals surface area contributed by atoms with E-state index >= 15 is 0 Å².